The van der Waals surface area contributed by atoms with E-state index in [2.05, 4.69) is 28.2 Å². The van der Waals surface area contributed by atoms with Crippen molar-refractivity contribution in [3.63, 3.8) is 0 Å². The van der Waals surface area contributed by atoms with Crippen molar-refractivity contribution in [2.75, 3.05) is 30.5 Å². The van der Waals surface area contributed by atoms with Gasteiger partial charge in [0.25, 0.3) is 0 Å². The Morgan fingerprint density at radius 2 is 2.00 bits per heavy atom. The molecule has 4 aromatic rings. The van der Waals surface area contributed by atoms with Gasteiger partial charge in [-0.3, -0.25) is 0 Å². The third-order valence-electron chi connectivity index (χ3n) is 6.82. The average Bonchev–Trinajstić information content (AvgIpc) is 3.54. The van der Waals surface area contributed by atoms with Crippen LogP contribution < -0.4 is 19.7 Å². The first-order valence-corrected chi connectivity index (χ1v) is 12.7. The molecule has 2 aromatic carbocycles. The highest BCUT2D eigenvalue weighted by Gasteiger charge is 2.27. The van der Waals surface area contributed by atoms with Crippen molar-refractivity contribution >= 4 is 28.5 Å². The predicted octanol–water partition coefficient (Wildman–Crippen LogP) is 4.93. The fourth-order valence-corrected chi connectivity index (χ4v) is 4.83. The minimum absolute atomic E-state index is 0.0384. The molecule has 1 aliphatic rings. The summed E-state index contributed by atoms with van der Waals surface area (Å²) in [4.78, 5) is 16.4. The van der Waals surface area contributed by atoms with E-state index in [1.165, 1.54) is 0 Å². The largest absolute Gasteiger partial charge is 0.496 e. The van der Waals surface area contributed by atoms with Gasteiger partial charge in [-0.15, -0.1) is 0 Å². The van der Waals surface area contributed by atoms with E-state index in [0.29, 0.717) is 11.8 Å². The summed E-state index contributed by atoms with van der Waals surface area (Å²) < 4.78 is 13.4. The van der Waals surface area contributed by atoms with Gasteiger partial charge < -0.3 is 29.4 Å². The number of ether oxygens (including phenoxy) is 2. The number of nitrogens with one attached hydrogen (secondary N) is 1. The summed E-state index contributed by atoms with van der Waals surface area (Å²) in [7, 11) is 1.68. The fraction of sp³-hybridized carbons (Fsp3) is 0.393. The van der Waals surface area contributed by atoms with Gasteiger partial charge >= 0.3 is 0 Å². The van der Waals surface area contributed by atoms with Gasteiger partial charge in [-0.05, 0) is 69.9 Å². The molecule has 0 spiro atoms. The van der Waals surface area contributed by atoms with E-state index in [-0.39, 0.29) is 18.8 Å². The number of aryl methyl sites for hydroxylation is 1. The monoisotopic (exact) mass is 502 g/mol. The Kier molecular flexibility index (Phi) is 6.88. The molecule has 0 unspecified atom stereocenters. The van der Waals surface area contributed by atoms with Crippen LogP contribution in [0.4, 0.5) is 17.6 Å². The fourth-order valence-electron chi connectivity index (χ4n) is 4.83. The third-order valence-corrected chi connectivity index (χ3v) is 6.82. The summed E-state index contributed by atoms with van der Waals surface area (Å²) in [5, 5.41) is 14.2. The number of aliphatic hydroxyl groups excluding tert-OH is 1. The zero-order chi connectivity index (χ0) is 26.1. The van der Waals surface area contributed by atoms with Crippen molar-refractivity contribution in [3.8, 4) is 17.2 Å². The molecule has 2 N–H and O–H groups in total. The zero-order valence-corrected chi connectivity index (χ0v) is 22.0. The minimum Gasteiger partial charge on any atom is -0.496 e. The third kappa shape index (κ3) is 5.04. The summed E-state index contributed by atoms with van der Waals surface area (Å²) in [6.07, 6.45) is 5.66. The van der Waals surface area contributed by atoms with E-state index in [4.69, 9.17) is 19.4 Å². The van der Waals surface area contributed by atoms with Crippen molar-refractivity contribution in [2.45, 2.75) is 52.7 Å². The molecule has 0 radical (unpaired) electrons. The Labute approximate surface area is 217 Å². The molecule has 0 aliphatic carbocycles. The van der Waals surface area contributed by atoms with Gasteiger partial charge in [0.15, 0.2) is 5.82 Å². The Bertz CT molecular complexity index is 1420. The maximum Gasteiger partial charge on any atom is 0.230 e. The molecule has 3 heterocycles. The molecule has 0 amide bonds. The van der Waals surface area contributed by atoms with Gasteiger partial charge in [0.1, 0.15) is 23.6 Å². The highest BCUT2D eigenvalue weighted by atomic mass is 16.5. The van der Waals surface area contributed by atoms with E-state index in [0.717, 1.165) is 64.4 Å². The lowest BCUT2D eigenvalue weighted by Crippen LogP contribution is -2.33. The molecular formula is C28H34N6O3. The second kappa shape index (κ2) is 10.3. The standard InChI is InChI=1S/C28H34N6O3/c1-17(2)37-22-8-9-23-24(13-22)30-28(32-27(23)34-10-6-7-20(34)15-35)31-26-14-33(16-29-26)21-11-18(3)19(4)25(12-21)36-5/h8-9,11-14,16-17,20,35H,6-7,10,15H2,1-5H3,(H,30,31,32)/t20-/m1/s1. The van der Waals surface area contributed by atoms with Crippen molar-refractivity contribution in [1.82, 2.24) is 19.5 Å². The number of nitrogens with zero attached hydrogens (tertiary/aromatic N) is 5. The van der Waals surface area contributed by atoms with Crippen LogP contribution in [0.25, 0.3) is 16.6 Å². The normalized spacial score (nSPS) is 15.5. The van der Waals surface area contributed by atoms with Crippen LogP contribution in [0.2, 0.25) is 0 Å². The van der Waals surface area contributed by atoms with E-state index in [9.17, 15) is 5.11 Å². The Hall–Kier alpha value is -3.85. The number of hydrogen-bond acceptors (Lipinski definition) is 8. The maximum atomic E-state index is 9.96. The molecule has 1 fully saturated rings. The topological polar surface area (TPSA) is 97.6 Å². The molecule has 5 rings (SSSR count). The molecule has 194 valence electrons. The van der Waals surface area contributed by atoms with Crippen LogP contribution in [0.3, 0.4) is 0 Å². The maximum absolute atomic E-state index is 9.96. The lowest BCUT2D eigenvalue weighted by molar-refractivity contribution is 0.242. The summed E-state index contributed by atoms with van der Waals surface area (Å²) in [6, 6.07) is 10.0. The molecule has 1 aliphatic heterocycles. The zero-order valence-electron chi connectivity index (χ0n) is 22.0. The molecule has 1 saturated heterocycles. The van der Waals surface area contributed by atoms with Crippen molar-refractivity contribution in [2.24, 2.45) is 0 Å². The molecular weight excluding hydrogens is 468 g/mol. The summed E-state index contributed by atoms with van der Waals surface area (Å²) >= 11 is 0. The molecule has 9 nitrogen and oxygen atoms in total. The van der Waals surface area contributed by atoms with Crippen LogP contribution in [-0.2, 0) is 0 Å². The van der Waals surface area contributed by atoms with Gasteiger partial charge in [-0.2, -0.15) is 4.98 Å². The van der Waals surface area contributed by atoms with Gasteiger partial charge in [0.05, 0.1) is 43.3 Å². The summed E-state index contributed by atoms with van der Waals surface area (Å²) in [6.45, 7) is 9.04. The van der Waals surface area contributed by atoms with Crippen molar-refractivity contribution in [1.29, 1.82) is 0 Å². The van der Waals surface area contributed by atoms with Gasteiger partial charge in [-0.1, -0.05) is 0 Å². The quantitative estimate of drug-likeness (QED) is 0.350. The van der Waals surface area contributed by atoms with Crippen molar-refractivity contribution in [3.05, 3.63) is 54.0 Å². The number of aliphatic hydroxyl groups is 1. The molecule has 37 heavy (non-hydrogen) atoms. The van der Waals surface area contributed by atoms with Crippen LogP contribution in [0.15, 0.2) is 42.9 Å². The number of imidazole rings is 1. The Balaban J connectivity index is 1.51. The van der Waals surface area contributed by atoms with Crippen LogP contribution >= 0.6 is 0 Å². The first-order valence-electron chi connectivity index (χ1n) is 12.7. The van der Waals surface area contributed by atoms with Crippen LogP contribution in [0, 0.1) is 13.8 Å². The second-order valence-corrected chi connectivity index (χ2v) is 9.77. The highest BCUT2D eigenvalue weighted by molar-refractivity contribution is 5.92. The van der Waals surface area contributed by atoms with Crippen molar-refractivity contribution < 1.29 is 14.6 Å². The lowest BCUT2D eigenvalue weighted by Gasteiger charge is -2.26. The number of aromatic nitrogens is 4. The highest BCUT2D eigenvalue weighted by Crippen LogP contribution is 2.33. The summed E-state index contributed by atoms with van der Waals surface area (Å²) in [5.74, 6) is 3.46. The summed E-state index contributed by atoms with van der Waals surface area (Å²) in [5.41, 5.74) is 3.99. The number of fused-ring (bicyclic) bond motifs is 1. The second-order valence-electron chi connectivity index (χ2n) is 9.77. The van der Waals surface area contributed by atoms with Gasteiger partial charge in [-0.25, -0.2) is 9.97 Å². The molecule has 0 bridgehead atoms. The van der Waals surface area contributed by atoms with E-state index < -0.39 is 0 Å². The van der Waals surface area contributed by atoms with Crippen LogP contribution in [0.5, 0.6) is 11.5 Å². The number of hydrogen-bond donors (Lipinski definition) is 2. The lowest BCUT2D eigenvalue weighted by atomic mass is 10.1. The minimum atomic E-state index is 0.0384. The number of benzene rings is 2. The SMILES string of the molecule is COc1cc(-n2cnc(Nc3nc(N4CCC[C@@H]4CO)c4ccc(OC(C)C)cc4n3)c2)cc(C)c1C. The molecule has 2 aromatic heterocycles. The number of anilines is 3. The molecule has 9 heteroatoms. The van der Waals surface area contributed by atoms with E-state index in [1.54, 1.807) is 13.4 Å². The van der Waals surface area contributed by atoms with E-state index >= 15 is 0 Å². The van der Waals surface area contributed by atoms with Gasteiger partial charge in [0.2, 0.25) is 5.95 Å². The van der Waals surface area contributed by atoms with E-state index in [1.807, 2.05) is 55.8 Å². The Morgan fingerprint density at radius 3 is 2.76 bits per heavy atom. The first-order chi connectivity index (χ1) is 17.9. The first kappa shape index (κ1) is 24.8. The average molecular weight is 503 g/mol. The number of rotatable bonds is 8. The predicted molar refractivity (Wildman–Crippen MR) is 146 cm³/mol. The Morgan fingerprint density at radius 1 is 1.16 bits per heavy atom. The smallest absolute Gasteiger partial charge is 0.230 e. The molecule has 1 atom stereocenters. The van der Waals surface area contributed by atoms with Crippen LogP contribution in [0.1, 0.15) is 37.8 Å². The van der Waals surface area contributed by atoms with Gasteiger partial charge in [0, 0.05) is 24.1 Å². The van der Waals surface area contributed by atoms with Crippen LogP contribution in [-0.4, -0.2) is 57.0 Å². The molecule has 0 saturated carbocycles. The number of methoxy groups -OCH3 is 1.